The molecule has 6 heteroatoms. The van der Waals surface area contributed by atoms with Crippen LogP contribution in [0, 0.1) is 11.7 Å². The highest BCUT2D eigenvalue weighted by molar-refractivity contribution is 6.32. The van der Waals surface area contributed by atoms with Gasteiger partial charge in [-0.05, 0) is 43.0 Å². The van der Waals surface area contributed by atoms with Crippen LogP contribution in [0.5, 0.6) is 5.75 Å². The summed E-state index contributed by atoms with van der Waals surface area (Å²) in [5.41, 5.74) is 0.731. The number of benzene rings is 1. The lowest BCUT2D eigenvalue weighted by Gasteiger charge is -2.31. The van der Waals surface area contributed by atoms with Gasteiger partial charge in [0, 0.05) is 11.6 Å². The van der Waals surface area contributed by atoms with Crippen molar-refractivity contribution in [3.8, 4) is 5.75 Å². The van der Waals surface area contributed by atoms with E-state index in [1.165, 1.54) is 29.2 Å². The first kappa shape index (κ1) is 17.0. The van der Waals surface area contributed by atoms with E-state index in [4.69, 9.17) is 16.3 Å². The molecule has 0 unspecified atom stereocenters. The minimum absolute atomic E-state index is 0.205. The molecule has 1 fully saturated rings. The van der Waals surface area contributed by atoms with E-state index >= 15 is 0 Å². The summed E-state index contributed by atoms with van der Waals surface area (Å²) in [6, 6.07) is 4.45. The van der Waals surface area contributed by atoms with Crippen LogP contribution < -0.4 is 4.74 Å². The number of hydrogen-bond acceptors (Lipinski definition) is 2. The van der Waals surface area contributed by atoms with Crippen LogP contribution >= 0.6 is 11.6 Å². The first-order chi connectivity index (χ1) is 11.5. The molecule has 1 heterocycles. The quantitative estimate of drug-likeness (QED) is 0.697. The lowest BCUT2D eigenvalue weighted by molar-refractivity contribution is 0.123. The van der Waals surface area contributed by atoms with Crippen LogP contribution in [0.4, 0.5) is 13.2 Å². The van der Waals surface area contributed by atoms with Crippen LogP contribution in [0.15, 0.2) is 47.7 Å². The molecular weight excluding hydrogens is 339 g/mol. The summed E-state index contributed by atoms with van der Waals surface area (Å²) in [4.78, 5) is 1.23. The van der Waals surface area contributed by atoms with Gasteiger partial charge in [-0.2, -0.15) is 0 Å². The second kappa shape index (κ2) is 6.93. The Kier molecular flexibility index (Phi) is 4.90. The molecular formula is C18H17ClF3NO. The Balaban J connectivity index is 1.85. The van der Waals surface area contributed by atoms with Gasteiger partial charge < -0.3 is 9.64 Å². The van der Waals surface area contributed by atoms with Gasteiger partial charge in [0.2, 0.25) is 0 Å². The van der Waals surface area contributed by atoms with Gasteiger partial charge in [-0.1, -0.05) is 18.2 Å². The fourth-order valence-corrected chi connectivity index (χ4v) is 2.65. The Morgan fingerprint density at radius 2 is 2.04 bits per heavy atom. The van der Waals surface area contributed by atoms with Gasteiger partial charge in [-0.3, -0.25) is 0 Å². The molecule has 0 amide bonds. The van der Waals surface area contributed by atoms with Crippen molar-refractivity contribution in [1.82, 2.24) is 4.90 Å². The molecule has 1 aromatic carbocycles. The zero-order valence-electron chi connectivity index (χ0n) is 12.9. The number of allylic oxidation sites excluding steroid dienone is 3. The van der Waals surface area contributed by atoms with Gasteiger partial charge >= 0.3 is 0 Å². The van der Waals surface area contributed by atoms with Gasteiger partial charge in [0.1, 0.15) is 11.6 Å². The van der Waals surface area contributed by atoms with Crippen molar-refractivity contribution in [2.45, 2.75) is 19.3 Å². The summed E-state index contributed by atoms with van der Waals surface area (Å²) in [5, 5.41) is 0.254. The molecule has 0 radical (unpaired) electrons. The minimum atomic E-state index is -2.60. The lowest BCUT2D eigenvalue weighted by atomic mass is 10.1. The Morgan fingerprint density at radius 3 is 2.67 bits per heavy atom. The van der Waals surface area contributed by atoms with Crippen LogP contribution in [-0.4, -0.2) is 24.5 Å². The molecule has 1 aliphatic carbocycles. The summed E-state index contributed by atoms with van der Waals surface area (Å²) >= 11 is 5.96. The van der Waals surface area contributed by atoms with Gasteiger partial charge in [0.05, 0.1) is 29.6 Å². The van der Waals surface area contributed by atoms with Gasteiger partial charge in [-0.25, -0.2) is 13.2 Å². The van der Waals surface area contributed by atoms with Crippen molar-refractivity contribution in [3.05, 3.63) is 59.0 Å². The summed E-state index contributed by atoms with van der Waals surface area (Å²) in [7, 11) is 0. The topological polar surface area (TPSA) is 12.5 Å². The number of ether oxygens (including phenoxy) is 1. The third-order valence-corrected chi connectivity index (χ3v) is 4.34. The zero-order chi connectivity index (χ0) is 17.3. The van der Waals surface area contributed by atoms with Crippen molar-refractivity contribution in [2.75, 3.05) is 13.2 Å². The Morgan fingerprint density at radius 1 is 1.29 bits per heavy atom. The smallest absolute Gasteiger partial charge is 0.256 e. The SMILES string of the molecule is C=C1C(Cl)=CC=C(c2ccc(OCC3CC3)cc2F)N1CC(F)F. The number of hydrogen-bond donors (Lipinski definition) is 0. The highest BCUT2D eigenvalue weighted by atomic mass is 35.5. The molecule has 3 rings (SSSR count). The number of alkyl halides is 2. The van der Waals surface area contributed by atoms with Crippen molar-refractivity contribution in [2.24, 2.45) is 5.92 Å². The first-order valence-corrected chi connectivity index (χ1v) is 8.08. The van der Waals surface area contributed by atoms with E-state index in [1.54, 1.807) is 6.07 Å². The minimum Gasteiger partial charge on any atom is -0.493 e. The van der Waals surface area contributed by atoms with E-state index in [2.05, 4.69) is 6.58 Å². The third-order valence-electron chi connectivity index (χ3n) is 4.00. The third kappa shape index (κ3) is 3.78. The molecule has 1 aliphatic heterocycles. The number of rotatable bonds is 6. The zero-order valence-corrected chi connectivity index (χ0v) is 13.7. The van der Waals surface area contributed by atoms with E-state index in [-0.39, 0.29) is 16.3 Å². The molecule has 2 nitrogen and oxygen atoms in total. The monoisotopic (exact) mass is 355 g/mol. The molecule has 128 valence electrons. The maximum absolute atomic E-state index is 14.5. The predicted octanol–water partition coefficient (Wildman–Crippen LogP) is 5.17. The highest BCUT2D eigenvalue weighted by Crippen LogP contribution is 2.35. The maximum Gasteiger partial charge on any atom is 0.256 e. The average molecular weight is 356 g/mol. The predicted molar refractivity (Wildman–Crippen MR) is 88.4 cm³/mol. The Labute approximate surface area is 143 Å². The van der Waals surface area contributed by atoms with Crippen LogP contribution in [0.25, 0.3) is 5.70 Å². The molecule has 0 spiro atoms. The largest absolute Gasteiger partial charge is 0.493 e. The van der Waals surface area contributed by atoms with Gasteiger partial charge in [-0.15, -0.1) is 0 Å². The second-order valence-corrected chi connectivity index (χ2v) is 6.32. The van der Waals surface area contributed by atoms with Crippen molar-refractivity contribution >= 4 is 17.3 Å². The highest BCUT2D eigenvalue weighted by Gasteiger charge is 2.25. The Bertz CT molecular complexity index is 710. The van der Waals surface area contributed by atoms with Crippen LogP contribution in [0.1, 0.15) is 18.4 Å². The number of nitrogens with zero attached hydrogens (tertiary/aromatic N) is 1. The van der Waals surface area contributed by atoms with Crippen LogP contribution in [0.2, 0.25) is 0 Å². The molecule has 0 bridgehead atoms. The molecule has 1 saturated carbocycles. The van der Waals surface area contributed by atoms with E-state index in [9.17, 15) is 13.2 Å². The molecule has 24 heavy (non-hydrogen) atoms. The van der Waals surface area contributed by atoms with E-state index in [0.717, 1.165) is 12.8 Å². The molecule has 0 N–H and O–H groups in total. The first-order valence-electron chi connectivity index (χ1n) is 7.71. The van der Waals surface area contributed by atoms with Gasteiger partial charge in [0.15, 0.2) is 0 Å². The van der Waals surface area contributed by atoms with Crippen molar-refractivity contribution in [3.63, 3.8) is 0 Å². The number of halogens is 4. The molecule has 0 aromatic heterocycles. The molecule has 0 saturated heterocycles. The van der Waals surface area contributed by atoms with Crippen molar-refractivity contribution in [1.29, 1.82) is 0 Å². The molecule has 1 aromatic rings. The summed E-state index contributed by atoms with van der Waals surface area (Å²) < 4.78 is 45.8. The van der Waals surface area contributed by atoms with E-state index in [1.807, 2.05) is 0 Å². The average Bonchev–Trinajstić information content (AvgIpc) is 3.35. The summed E-state index contributed by atoms with van der Waals surface area (Å²) in [6.07, 6.45) is 2.73. The van der Waals surface area contributed by atoms with Crippen molar-refractivity contribution < 1.29 is 17.9 Å². The second-order valence-electron chi connectivity index (χ2n) is 5.91. The Hall–Kier alpha value is -1.88. The van der Waals surface area contributed by atoms with Crippen LogP contribution in [-0.2, 0) is 0 Å². The van der Waals surface area contributed by atoms with Gasteiger partial charge in [0.25, 0.3) is 6.43 Å². The summed E-state index contributed by atoms with van der Waals surface area (Å²) in [5.74, 6) is 0.464. The summed E-state index contributed by atoms with van der Waals surface area (Å²) in [6.45, 7) is 3.69. The fraction of sp³-hybridized carbons (Fsp3) is 0.333. The van der Waals surface area contributed by atoms with E-state index in [0.29, 0.717) is 24.0 Å². The standard InChI is InChI=1S/C18H17ClF3NO/c1-11-15(19)6-7-17(23(11)9-18(21)22)14-5-4-13(8-16(14)20)24-10-12-2-3-12/h4-8,12,18H,1-3,9-10H2. The molecule has 2 aliphatic rings. The van der Waals surface area contributed by atoms with E-state index < -0.39 is 18.8 Å². The lowest BCUT2D eigenvalue weighted by Crippen LogP contribution is -2.28. The van der Waals surface area contributed by atoms with Crippen LogP contribution in [0.3, 0.4) is 0 Å². The fourth-order valence-electron chi connectivity index (χ4n) is 2.49. The normalized spacial score (nSPS) is 17.9. The maximum atomic E-state index is 14.5. The molecule has 0 atom stereocenters.